The molecule has 1 aliphatic rings. The van der Waals surface area contributed by atoms with Gasteiger partial charge in [-0.25, -0.2) is 4.98 Å². The van der Waals surface area contributed by atoms with Crippen molar-refractivity contribution in [3.05, 3.63) is 54.1 Å². The number of imidazole rings is 1. The van der Waals surface area contributed by atoms with E-state index in [2.05, 4.69) is 10.3 Å². The number of benzene rings is 1. The van der Waals surface area contributed by atoms with Crippen LogP contribution in [0.2, 0.25) is 0 Å². The predicted molar refractivity (Wildman–Crippen MR) is 108 cm³/mol. The van der Waals surface area contributed by atoms with Crippen molar-refractivity contribution in [2.45, 2.75) is 12.8 Å². The van der Waals surface area contributed by atoms with Gasteiger partial charge >= 0.3 is 0 Å². The fraction of sp³-hybridized carbons (Fsp3) is 0.286. The average Bonchev–Trinajstić information content (AvgIpc) is 3.42. The SMILES string of the molecule is COc1ccc(NC(=O)c2nc(C(=O)N3CCCC3)c3ccccn23)c(OC)c1. The molecule has 0 saturated carbocycles. The van der Waals surface area contributed by atoms with Gasteiger partial charge in [0.05, 0.1) is 25.4 Å². The number of carbonyl (C=O) groups is 2. The number of hydrogen-bond donors (Lipinski definition) is 1. The highest BCUT2D eigenvalue weighted by molar-refractivity contribution is 6.06. The number of carbonyl (C=O) groups excluding carboxylic acids is 2. The number of ether oxygens (including phenoxy) is 2. The van der Waals surface area contributed by atoms with Crippen molar-refractivity contribution in [2.24, 2.45) is 0 Å². The number of pyridine rings is 1. The van der Waals surface area contributed by atoms with Gasteiger partial charge in [-0.3, -0.25) is 14.0 Å². The van der Waals surface area contributed by atoms with Crippen molar-refractivity contribution >= 4 is 23.0 Å². The molecule has 29 heavy (non-hydrogen) atoms. The van der Waals surface area contributed by atoms with Gasteiger partial charge in [-0.2, -0.15) is 0 Å². The molecular formula is C21H22N4O4. The Kier molecular flexibility index (Phi) is 5.07. The molecule has 8 heteroatoms. The lowest BCUT2D eigenvalue weighted by atomic mass is 10.2. The van der Waals surface area contributed by atoms with Crippen molar-refractivity contribution in [3.63, 3.8) is 0 Å². The Balaban J connectivity index is 1.69. The second kappa shape index (κ2) is 7.83. The Bertz CT molecular complexity index is 1070. The standard InChI is InChI=1S/C21H22N4O4/c1-28-14-8-9-15(17(13-14)29-2)22-20(26)19-23-18(16-7-3-4-12-25(16)19)21(27)24-10-5-6-11-24/h3-4,7-9,12-13H,5-6,10-11H2,1-2H3,(H,22,26). The smallest absolute Gasteiger partial charge is 0.292 e. The second-order valence-electron chi connectivity index (χ2n) is 6.76. The van der Waals surface area contributed by atoms with E-state index in [0.717, 1.165) is 25.9 Å². The predicted octanol–water partition coefficient (Wildman–Crippen LogP) is 2.84. The minimum absolute atomic E-state index is 0.140. The van der Waals surface area contributed by atoms with Gasteiger partial charge in [0.2, 0.25) is 5.82 Å². The summed E-state index contributed by atoms with van der Waals surface area (Å²) in [5.74, 6) is 0.639. The summed E-state index contributed by atoms with van der Waals surface area (Å²) >= 11 is 0. The Labute approximate surface area is 168 Å². The molecule has 1 saturated heterocycles. The second-order valence-corrected chi connectivity index (χ2v) is 6.76. The van der Waals surface area contributed by atoms with Gasteiger partial charge in [0.15, 0.2) is 5.69 Å². The first-order valence-electron chi connectivity index (χ1n) is 9.42. The molecular weight excluding hydrogens is 372 g/mol. The van der Waals surface area contributed by atoms with Gasteiger partial charge in [0.1, 0.15) is 11.5 Å². The van der Waals surface area contributed by atoms with Crippen LogP contribution in [0.25, 0.3) is 5.52 Å². The number of amides is 2. The Morgan fingerprint density at radius 2 is 1.86 bits per heavy atom. The normalized spacial score (nSPS) is 13.5. The summed E-state index contributed by atoms with van der Waals surface area (Å²) in [4.78, 5) is 32.1. The molecule has 0 atom stereocenters. The van der Waals surface area contributed by atoms with Crippen LogP contribution in [-0.2, 0) is 0 Å². The quantitative estimate of drug-likeness (QED) is 0.719. The first-order valence-corrected chi connectivity index (χ1v) is 9.42. The zero-order valence-corrected chi connectivity index (χ0v) is 16.3. The van der Waals surface area contributed by atoms with E-state index in [1.165, 1.54) is 7.11 Å². The maximum atomic E-state index is 13.0. The first-order chi connectivity index (χ1) is 14.1. The van der Waals surface area contributed by atoms with Crippen LogP contribution < -0.4 is 14.8 Å². The van der Waals surface area contributed by atoms with E-state index in [4.69, 9.17) is 9.47 Å². The van der Waals surface area contributed by atoms with Crippen LogP contribution in [0, 0.1) is 0 Å². The van der Waals surface area contributed by atoms with Gasteiger partial charge in [-0.05, 0) is 37.1 Å². The van der Waals surface area contributed by atoms with E-state index in [0.29, 0.717) is 28.4 Å². The van der Waals surface area contributed by atoms with E-state index < -0.39 is 5.91 Å². The Hall–Kier alpha value is -3.55. The molecule has 2 aromatic heterocycles. The van der Waals surface area contributed by atoms with E-state index >= 15 is 0 Å². The van der Waals surface area contributed by atoms with Crippen LogP contribution in [0.1, 0.15) is 33.9 Å². The zero-order chi connectivity index (χ0) is 20.4. The van der Waals surface area contributed by atoms with E-state index in [1.54, 1.807) is 52.9 Å². The summed E-state index contributed by atoms with van der Waals surface area (Å²) in [6.07, 6.45) is 3.70. The van der Waals surface area contributed by atoms with Crippen molar-refractivity contribution < 1.29 is 19.1 Å². The van der Waals surface area contributed by atoms with Gasteiger partial charge in [0.25, 0.3) is 11.8 Å². The van der Waals surface area contributed by atoms with Gasteiger partial charge in [0, 0.05) is 25.4 Å². The Morgan fingerprint density at radius 1 is 1.07 bits per heavy atom. The lowest BCUT2D eigenvalue weighted by Gasteiger charge is -2.13. The van der Waals surface area contributed by atoms with Crippen molar-refractivity contribution in [1.82, 2.24) is 14.3 Å². The topological polar surface area (TPSA) is 85.2 Å². The third kappa shape index (κ3) is 3.49. The molecule has 0 unspecified atom stereocenters. The van der Waals surface area contributed by atoms with Crippen molar-refractivity contribution in [1.29, 1.82) is 0 Å². The van der Waals surface area contributed by atoms with Gasteiger partial charge < -0.3 is 19.7 Å². The molecule has 2 amide bonds. The number of hydrogen-bond acceptors (Lipinski definition) is 5. The number of anilines is 1. The van der Waals surface area contributed by atoms with Crippen molar-refractivity contribution in [2.75, 3.05) is 32.6 Å². The maximum absolute atomic E-state index is 13.0. The fourth-order valence-electron chi connectivity index (χ4n) is 3.51. The van der Waals surface area contributed by atoms with E-state index in [-0.39, 0.29) is 11.7 Å². The van der Waals surface area contributed by atoms with E-state index in [9.17, 15) is 9.59 Å². The highest BCUT2D eigenvalue weighted by Crippen LogP contribution is 2.29. The summed E-state index contributed by atoms with van der Waals surface area (Å²) in [5.41, 5.74) is 1.38. The van der Waals surface area contributed by atoms with Gasteiger partial charge in [-0.1, -0.05) is 6.07 Å². The van der Waals surface area contributed by atoms with Crippen LogP contribution in [0.15, 0.2) is 42.6 Å². The summed E-state index contributed by atoms with van der Waals surface area (Å²) in [7, 11) is 3.07. The molecule has 3 heterocycles. The highest BCUT2D eigenvalue weighted by Gasteiger charge is 2.27. The number of likely N-dealkylation sites (tertiary alicyclic amines) is 1. The van der Waals surface area contributed by atoms with Gasteiger partial charge in [-0.15, -0.1) is 0 Å². The molecule has 4 rings (SSSR count). The molecule has 3 aromatic rings. The maximum Gasteiger partial charge on any atom is 0.292 e. The molecule has 0 aliphatic carbocycles. The highest BCUT2D eigenvalue weighted by atomic mass is 16.5. The molecule has 0 spiro atoms. The largest absolute Gasteiger partial charge is 0.497 e. The van der Waals surface area contributed by atoms with E-state index in [1.807, 2.05) is 6.07 Å². The summed E-state index contributed by atoms with van der Waals surface area (Å²) < 4.78 is 12.2. The van der Waals surface area contributed by atoms with Crippen LogP contribution >= 0.6 is 0 Å². The van der Waals surface area contributed by atoms with Crippen LogP contribution in [-0.4, -0.2) is 53.4 Å². The lowest BCUT2D eigenvalue weighted by molar-refractivity contribution is 0.0789. The number of fused-ring (bicyclic) bond motifs is 1. The van der Waals surface area contributed by atoms with Crippen LogP contribution in [0.5, 0.6) is 11.5 Å². The first kappa shape index (κ1) is 18.8. The number of nitrogens with zero attached hydrogens (tertiary/aromatic N) is 3. The molecule has 1 N–H and O–H groups in total. The van der Waals surface area contributed by atoms with Crippen LogP contribution in [0.3, 0.4) is 0 Å². The number of rotatable bonds is 5. The third-order valence-electron chi connectivity index (χ3n) is 5.00. The summed E-state index contributed by atoms with van der Waals surface area (Å²) in [6.45, 7) is 1.44. The average molecular weight is 394 g/mol. The molecule has 1 aliphatic heterocycles. The molecule has 1 aromatic carbocycles. The minimum Gasteiger partial charge on any atom is -0.497 e. The molecule has 0 radical (unpaired) electrons. The molecule has 0 bridgehead atoms. The lowest BCUT2D eigenvalue weighted by Crippen LogP contribution is -2.28. The van der Waals surface area contributed by atoms with Crippen molar-refractivity contribution in [3.8, 4) is 11.5 Å². The molecule has 8 nitrogen and oxygen atoms in total. The summed E-state index contributed by atoms with van der Waals surface area (Å²) in [6, 6.07) is 10.5. The number of aromatic nitrogens is 2. The molecule has 150 valence electrons. The summed E-state index contributed by atoms with van der Waals surface area (Å²) in [5, 5.41) is 2.82. The number of methoxy groups -OCH3 is 2. The molecule has 1 fully saturated rings. The minimum atomic E-state index is -0.435. The number of nitrogens with one attached hydrogen (secondary N) is 1. The monoisotopic (exact) mass is 394 g/mol. The third-order valence-corrected chi connectivity index (χ3v) is 5.00. The fourth-order valence-corrected chi connectivity index (χ4v) is 3.51. The Morgan fingerprint density at radius 3 is 2.59 bits per heavy atom. The zero-order valence-electron chi connectivity index (χ0n) is 16.3. The van der Waals surface area contributed by atoms with Crippen LogP contribution in [0.4, 0.5) is 5.69 Å².